The van der Waals surface area contributed by atoms with Crippen molar-refractivity contribution in [2.75, 3.05) is 13.2 Å². The lowest BCUT2D eigenvalue weighted by Crippen LogP contribution is -2.51. The molecule has 5 heteroatoms. The van der Waals surface area contributed by atoms with Gasteiger partial charge in [0.15, 0.2) is 0 Å². The van der Waals surface area contributed by atoms with Crippen LogP contribution in [0.3, 0.4) is 0 Å². The highest BCUT2D eigenvalue weighted by molar-refractivity contribution is 5.82. The molecule has 15 heavy (non-hydrogen) atoms. The summed E-state index contributed by atoms with van der Waals surface area (Å²) in [6, 6.07) is -0.303. The van der Waals surface area contributed by atoms with Crippen LogP contribution < -0.4 is 16.5 Å². The quantitative estimate of drug-likeness (QED) is 0.324. The molecule has 84 valence electrons. The fourth-order valence-electron chi connectivity index (χ4n) is 1.37. The first kappa shape index (κ1) is 11.9. The molecule has 2 atom stereocenters. The van der Waals surface area contributed by atoms with Crippen molar-refractivity contribution in [2.24, 2.45) is 5.73 Å². The molecule has 0 aromatic carbocycles. The number of primary amides is 1. The van der Waals surface area contributed by atoms with E-state index in [1.54, 1.807) is 12.2 Å². The number of carbonyl (C=O) groups is 1. The van der Waals surface area contributed by atoms with Crippen LogP contribution in [0, 0.1) is 0 Å². The molecule has 1 heterocycles. The molecule has 4 N–H and O–H groups in total. The molecule has 0 fully saturated rings. The molecule has 0 saturated carbocycles. The van der Waals surface area contributed by atoms with Crippen LogP contribution in [-0.2, 0) is 9.63 Å². The van der Waals surface area contributed by atoms with Crippen molar-refractivity contribution in [1.29, 1.82) is 0 Å². The Labute approximate surface area is 89.3 Å². The number of hydrogen-bond donors (Lipinski definition) is 3. The zero-order chi connectivity index (χ0) is 11.3. The van der Waals surface area contributed by atoms with Gasteiger partial charge >= 0.3 is 0 Å². The smallest absolute Gasteiger partial charge is 0.238 e. The predicted octanol–water partition coefficient (Wildman–Crippen LogP) is -0.534. The van der Waals surface area contributed by atoms with Gasteiger partial charge in [0.05, 0.1) is 12.6 Å². The molecule has 0 aromatic heterocycles. The van der Waals surface area contributed by atoms with Crippen molar-refractivity contribution in [2.45, 2.75) is 19.0 Å². The summed E-state index contributed by atoms with van der Waals surface area (Å²) in [5.74, 6) is -0.361. The standard InChI is InChI=1S/C10H17N3O2/c1-3-4-15-13-9-6-12-8(10(11)14)5-7(9)2/h3,5,8-9,12-13H,1,4,6H2,2H3,(H2,11,14)/t8-,9?/m1/s1. The highest BCUT2D eigenvalue weighted by Crippen LogP contribution is 2.08. The Morgan fingerprint density at radius 3 is 3.20 bits per heavy atom. The van der Waals surface area contributed by atoms with Crippen molar-refractivity contribution in [3.8, 4) is 0 Å². The van der Waals surface area contributed by atoms with Crippen molar-refractivity contribution in [3.05, 3.63) is 24.3 Å². The maximum atomic E-state index is 10.9. The number of nitrogens with two attached hydrogens (primary N) is 1. The van der Waals surface area contributed by atoms with Crippen LogP contribution in [0.15, 0.2) is 24.3 Å². The van der Waals surface area contributed by atoms with E-state index in [0.717, 1.165) is 5.57 Å². The molecule has 0 bridgehead atoms. The van der Waals surface area contributed by atoms with Crippen LogP contribution in [0.5, 0.6) is 0 Å². The van der Waals surface area contributed by atoms with Crippen molar-refractivity contribution < 1.29 is 9.63 Å². The molecule has 5 nitrogen and oxygen atoms in total. The fourth-order valence-corrected chi connectivity index (χ4v) is 1.37. The maximum absolute atomic E-state index is 10.9. The Hall–Kier alpha value is -1.17. The van der Waals surface area contributed by atoms with Crippen molar-refractivity contribution >= 4 is 5.91 Å². The van der Waals surface area contributed by atoms with E-state index in [9.17, 15) is 4.79 Å². The lowest BCUT2D eigenvalue weighted by atomic mass is 10.0. The molecule has 1 aliphatic heterocycles. The van der Waals surface area contributed by atoms with Gasteiger partial charge in [-0.05, 0) is 6.92 Å². The van der Waals surface area contributed by atoms with E-state index in [0.29, 0.717) is 13.2 Å². The summed E-state index contributed by atoms with van der Waals surface area (Å²) in [5.41, 5.74) is 9.11. The van der Waals surface area contributed by atoms with Crippen molar-refractivity contribution in [1.82, 2.24) is 10.8 Å². The zero-order valence-electron chi connectivity index (χ0n) is 8.82. The van der Waals surface area contributed by atoms with E-state index in [2.05, 4.69) is 17.4 Å². The highest BCUT2D eigenvalue weighted by atomic mass is 16.6. The van der Waals surface area contributed by atoms with Gasteiger partial charge in [0.25, 0.3) is 0 Å². The topological polar surface area (TPSA) is 76.4 Å². The molecule has 0 spiro atoms. The molecule has 0 radical (unpaired) electrons. The van der Waals surface area contributed by atoms with E-state index in [-0.39, 0.29) is 18.0 Å². The largest absolute Gasteiger partial charge is 0.368 e. The second-order valence-corrected chi connectivity index (χ2v) is 3.47. The van der Waals surface area contributed by atoms with Crippen LogP contribution in [0.2, 0.25) is 0 Å². The van der Waals surface area contributed by atoms with Crippen LogP contribution in [0.25, 0.3) is 0 Å². The number of hydrogen-bond acceptors (Lipinski definition) is 4. The highest BCUT2D eigenvalue weighted by Gasteiger charge is 2.22. The number of amides is 1. The first-order valence-corrected chi connectivity index (χ1v) is 4.84. The Balaban J connectivity index is 2.46. The number of hydroxylamine groups is 1. The predicted molar refractivity (Wildman–Crippen MR) is 57.8 cm³/mol. The number of nitrogens with one attached hydrogen (secondary N) is 2. The van der Waals surface area contributed by atoms with Crippen molar-refractivity contribution in [3.63, 3.8) is 0 Å². The lowest BCUT2D eigenvalue weighted by Gasteiger charge is -2.27. The third kappa shape index (κ3) is 3.47. The monoisotopic (exact) mass is 211 g/mol. The van der Waals surface area contributed by atoms with Crippen LogP contribution in [-0.4, -0.2) is 31.1 Å². The third-order valence-corrected chi connectivity index (χ3v) is 2.25. The first-order chi connectivity index (χ1) is 7.15. The van der Waals surface area contributed by atoms with Gasteiger partial charge in [0.1, 0.15) is 6.04 Å². The van der Waals surface area contributed by atoms with E-state index >= 15 is 0 Å². The summed E-state index contributed by atoms with van der Waals surface area (Å²) in [5, 5.41) is 3.01. The molecule has 1 aliphatic rings. The number of rotatable bonds is 5. The summed E-state index contributed by atoms with van der Waals surface area (Å²) in [6.07, 6.45) is 3.47. The molecule has 0 aromatic rings. The summed E-state index contributed by atoms with van der Waals surface area (Å²) in [7, 11) is 0. The van der Waals surface area contributed by atoms with Gasteiger partial charge in [-0.15, -0.1) is 6.58 Å². The van der Waals surface area contributed by atoms with E-state index in [4.69, 9.17) is 10.6 Å². The van der Waals surface area contributed by atoms with Gasteiger partial charge in [-0.1, -0.05) is 17.7 Å². The normalized spacial score (nSPS) is 25.8. The minimum atomic E-state index is -0.373. The molecule has 0 saturated heterocycles. The first-order valence-electron chi connectivity index (χ1n) is 4.84. The molecule has 1 rings (SSSR count). The molecular formula is C10H17N3O2. The van der Waals surface area contributed by atoms with Crippen LogP contribution >= 0.6 is 0 Å². The molecular weight excluding hydrogens is 194 g/mol. The van der Waals surface area contributed by atoms with E-state index in [1.807, 2.05) is 6.92 Å². The molecule has 0 aliphatic carbocycles. The minimum absolute atomic E-state index is 0.0700. The van der Waals surface area contributed by atoms with Crippen LogP contribution in [0.4, 0.5) is 0 Å². The zero-order valence-corrected chi connectivity index (χ0v) is 8.82. The SMILES string of the molecule is C=CCONC1CN[C@@H](C(N)=O)C=C1C. The fraction of sp³-hybridized carbons (Fsp3) is 0.500. The van der Waals surface area contributed by atoms with E-state index in [1.165, 1.54) is 0 Å². The summed E-state index contributed by atoms with van der Waals surface area (Å²) in [4.78, 5) is 16.0. The Morgan fingerprint density at radius 2 is 2.67 bits per heavy atom. The number of carbonyl (C=O) groups excluding carboxylic acids is 1. The van der Waals surface area contributed by atoms with Crippen LogP contribution in [0.1, 0.15) is 6.92 Å². The molecule has 1 amide bonds. The second-order valence-electron chi connectivity index (χ2n) is 3.47. The van der Waals surface area contributed by atoms with Gasteiger partial charge in [-0.3, -0.25) is 9.63 Å². The van der Waals surface area contributed by atoms with E-state index < -0.39 is 0 Å². The Bertz CT molecular complexity index is 276. The molecule has 1 unspecified atom stereocenters. The summed E-state index contributed by atoms with van der Waals surface area (Å²) < 4.78 is 0. The summed E-state index contributed by atoms with van der Waals surface area (Å²) in [6.45, 7) is 6.54. The van der Waals surface area contributed by atoms with Gasteiger partial charge < -0.3 is 11.1 Å². The third-order valence-electron chi connectivity index (χ3n) is 2.25. The Kier molecular flexibility index (Phi) is 4.48. The average Bonchev–Trinajstić information content (AvgIpc) is 2.20. The van der Waals surface area contributed by atoms with Gasteiger partial charge in [0.2, 0.25) is 5.91 Å². The van der Waals surface area contributed by atoms with Gasteiger partial charge in [-0.25, -0.2) is 0 Å². The second kappa shape index (κ2) is 5.65. The van der Waals surface area contributed by atoms with Gasteiger partial charge in [-0.2, -0.15) is 5.48 Å². The minimum Gasteiger partial charge on any atom is -0.368 e. The summed E-state index contributed by atoms with van der Waals surface area (Å²) >= 11 is 0. The van der Waals surface area contributed by atoms with Gasteiger partial charge in [0, 0.05) is 6.54 Å². The Morgan fingerprint density at radius 1 is 1.93 bits per heavy atom. The maximum Gasteiger partial charge on any atom is 0.238 e. The average molecular weight is 211 g/mol. The lowest BCUT2D eigenvalue weighted by molar-refractivity contribution is -0.119.